The third-order valence-corrected chi connectivity index (χ3v) is 5.46. The molecule has 24 heavy (non-hydrogen) atoms. The van der Waals surface area contributed by atoms with E-state index >= 15 is 0 Å². The van der Waals surface area contributed by atoms with Crippen molar-refractivity contribution in [2.75, 3.05) is 31.1 Å². The first kappa shape index (κ1) is 15.1. The molecular weight excluding hydrogens is 302 g/mol. The van der Waals surface area contributed by atoms with Crippen LogP contribution in [0.3, 0.4) is 0 Å². The van der Waals surface area contributed by atoms with Gasteiger partial charge in [-0.2, -0.15) is 0 Å². The van der Waals surface area contributed by atoms with E-state index in [1.165, 1.54) is 24.0 Å². The highest BCUT2D eigenvalue weighted by molar-refractivity contribution is 5.51. The highest BCUT2D eigenvalue weighted by Crippen LogP contribution is 2.22. The van der Waals surface area contributed by atoms with E-state index in [-0.39, 0.29) is 10.6 Å². The number of nitrogens with zero attached hydrogens (tertiary/aromatic N) is 2. The number of nitro groups is 1. The second-order valence-electron chi connectivity index (χ2n) is 6.79. The predicted molar refractivity (Wildman–Crippen MR) is 93.6 cm³/mol. The lowest BCUT2D eigenvalue weighted by Crippen LogP contribution is -3.18. The fourth-order valence-corrected chi connectivity index (χ4v) is 4.09. The van der Waals surface area contributed by atoms with Gasteiger partial charge in [-0.25, -0.2) is 0 Å². The van der Waals surface area contributed by atoms with Gasteiger partial charge in [-0.3, -0.25) is 10.1 Å². The fraction of sp³-hybridized carbons (Fsp3) is 0.368. The van der Waals surface area contributed by atoms with E-state index in [1.807, 2.05) is 12.1 Å². The van der Waals surface area contributed by atoms with Crippen molar-refractivity contribution in [1.29, 1.82) is 0 Å². The molecule has 1 aliphatic heterocycles. The molecule has 2 aromatic carbocycles. The largest absolute Gasteiger partial charge is 0.360 e. The smallest absolute Gasteiger partial charge is 0.269 e. The minimum Gasteiger partial charge on any atom is -0.360 e. The number of nitro benzene ring substituents is 1. The topological polar surface area (TPSA) is 50.8 Å². The number of hydrogen-bond acceptors (Lipinski definition) is 3. The van der Waals surface area contributed by atoms with Crippen molar-refractivity contribution in [3.8, 4) is 0 Å². The number of benzene rings is 2. The minimum absolute atomic E-state index is 0.159. The van der Waals surface area contributed by atoms with Crippen molar-refractivity contribution < 1.29 is 9.82 Å². The summed E-state index contributed by atoms with van der Waals surface area (Å²) >= 11 is 0. The number of quaternary nitrogens is 1. The van der Waals surface area contributed by atoms with Gasteiger partial charge < -0.3 is 9.80 Å². The van der Waals surface area contributed by atoms with Crippen LogP contribution in [0.15, 0.2) is 48.5 Å². The van der Waals surface area contributed by atoms with Gasteiger partial charge in [-0.05, 0) is 23.3 Å². The van der Waals surface area contributed by atoms with E-state index in [9.17, 15) is 10.1 Å². The SMILES string of the molecule is O=[N+]([O-])c1ccc(N2CC[NH+](C3Cc4ccccc4C3)CC2)cc1. The van der Waals surface area contributed by atoms with Crippen molar-refractivity contribution in [2.24, 2.45) is 0 Å². The zero-order valence-electron chi connectivity index (χ0n) is 13.6. The van der Waals surface area contributed by atoms with Crippen LogP contribution in [0.1, 0.15) is 11.1 Å². The summed E-state index contributed by atoms with van der Waals surface area (Å²) in [6, 6.07) is 16.5. The number of nitrogens with one attached hydrogen (secondary N) is 1. The maximum Gasteiger partial charge on any atom is 0.269 e. The Labute approximate surface area is 141 Å². The number of anilines is 1. The Kier molecular flexibility index (Phi) is 3.94. The number of rotatable bonds is 3. The molecule has 0 radical (unpaired) electrons. The average Bonchev–Trinajstić information content (AvgIpc) is 3.06. The Morgan fingerprint density at radius 3 is 2.08 bits per heavy atom. The number of non-ortho nitro benzene ring substituents is 1. The summed E-state index contributed by atoms with van der Waals surface area (Å²) in [6.07, 6.45) is 2.39. The first-order valence-electron chi connectivity index (χ1n) is 8.61. The van der Waals surface area contributed by atoms with Crippen molar-refractivity contribution in [1.82, 2.24) is 0 Å². The van der Waals surface area contributed by atoms with Crippen LogP contribution in [0.5, 0.6) is 0 Å². The monoisotopic (exact) mass is 324 g/mol. The number of piperazine rings is 1. The summed E-state index contributed by atoms with van der Waals surface area (Å²) in [5, 5.41) is 10.8. The molecule has 0 aromatic heterocycles. The van der Waals surface area contributed by atoms with Crippen molar-refractivity contribution >= 4 is 11.4 Å². The molecule has 1 heterocycles. The molecule has 1 N–H and O–H groups in total. The van der Waals surface area contributed by atoms with Crippen LogP contribution in [0.4, 0.5) is 11.4 Å². The molecule has 0 atom stereocenters. The quantitative estimate of drug-likeness (QED) is 0.687. The summed E-state index contributed by atoms with van der Waals surface area (Å²) in [6.45, 7) is 4.30. The van der Waals surface area contributed by atoms with Crippen LogP contribution in [0.2, 0.25) is 0 Å². The summed E-state index contributed by atoms with van der Waals surface area (Å²) in [5.74, 6) is 0. The molecule has 4 rings (SSSR count). The molecule has 0 spiro atoms. The zero-order chi connectivity index (χ0) is 16.5. The van der Waals surface area contributed by atoms with Gasteiger partial charge in [-0.15, -0.1) is 0 Å². The van der Waals surface area contributed by atoms with Crippen LogP contribution in [-0.2, 0) is 12.8 Å². The van der Waals surface area contributed by atoms with Gasteiger partial charge >= 0.3 is 0 Å². The van der Waals surface area contributed by atoms with Crippen LogP contribution in [0.25, 0.3) is 0 Å². The molecule has 0 amide bonds. The van der Waals surface area contributed by atoms with E-state index < -0.39 is 0 Å². The lowest BCUT2D eigenvalue weighted by atomic mass is 10.1. The highest BCUT2D eigenvalue weighted by atomic mass is 16.6. The van der Waals surface area contributed by atoms with Crippen LogP contribution in [-0.4, -0.2) is 37.1 Å². The summed E-state index contributed by atoms with van der Waals surface area (Å²) in [4.78, 5) is 14.5. The molecule has 1 aliphatic carbocycles. The molecule has 5 heteroatoms. The molecule has 2 aromatic rings. The highest BCUT2D eigenvalue weighted by Gasteiger charge is 2.32. The van der Waals surface area contributed by atoms with Crippen LogP contribution in [0, 0.1) is 10.1 Å². The Morgan fingerprint density at radius 1 is 0.958 bits per heavy atom. The third-order valence-electron chi connectivity index (χ3n) is 5.46. The van der Waals surface area contributed by atoms with Crippen molar-refractivity contribution in [2.45, 2.75) is 18.9 Å². The minimum atomic E-state index is -0.344. The molecule has 2 aliphatic rings. The predicted octanol–water partition coefficient (Wildman–Crippen LogP) is 1.47. The molecule has 0 bridgehead atoms. The molecule has 0 unspecified atom stereocenters. The van der Waals surface area contributed by atoms with Gasteiger partial charge in [0, 0.05) is 30.7 Å². The van der Waals surface area contributed by atoms with E-state index in [1.54, 1.807) is 17.0 Å². The standard InChI is InChI=1S/C19H21N3O2/c23-22(24)18-7-5-17(6-8-18)20-9-11-21(12-10-20)19-13-15-3-1-2-4-16(15)14-19/h1-8,19H,9-14H2/p+1. The second kappa shape index (κ2) is 6.24. The molecule has 1 fully saturated rings. The third kappa shape index (κ3) is 2.87. The Hall–Kier alpha value is -2.40. The first-order chi connectivity index (χ1) is 11.7. The maximum absolute atomic E-state index is 10.8. The van der Waals surface area contributed by atoms with E-state index in [0.717, 1.165) is 31.9 Å². The van der Waals surface area contributed by atoms with Crippen LogP contribution < -0.4 is 9.80 Å². The van der Waals surface area contributed by atoms with Gasteiger partial charge in [0.25, 0.3) is 5.69 Å². The molecule has 0 saturated carbocycles. The Bertz CT molecular complexity index is 712. The van der Waals surface area contributed by atoms with Gasteiger partial charge in [0.2, 0.25) is 0 Å². The molecular formula is C19H22N3O2+. The average molecular weight is 324 g/mol. The summed E-state index contributed by atoms with van der Waals surface area (Å²) in [5.41, 5.74) is 4.29. The van der Waals surface area contributed by atoms with Crippen molar-refractivity contribution in [3.63, 3.8) is 0 Å². The lowest BCUT2D eigenvalue weighted by Gasteiger charge is -2.36. The molecule has 1 saturated heterocycles. The first-order valence-corrected chi connectivity index (χ1v) is 8.61. The van der Waals surface area contributed by atoms with Gasteiger partial charge in [0.05, 0.1) is 37.1 Å². The van der Waals surface area contributed by atoms with Gasteiger partial charge in [0.1, 0.15) is 0 Å². The molecule has 5 nitrogen and oxygen atoms in total. The maximum atomic E-state index is 10.8. The number of fused-ring (bicyclic) bond motifs is 1. The summed E-state index contributed by atoms with van der Waals surface area (Å²) in [7, 11) is 0. The van der Waals surface area contributed by atoms with Gasteiger partial charge in [0.15, 0.2) is 0 Å². The molecule has 124 valence electrons. The summed E-state index contributed by atoms with van der Waals surface area (Å²) < 4.78 is 0. The Morgan fingerprint density at radius 2 is 1.54 bits per heavy atom. The van der Waals surface area contributed by atoms with E-state index in [2.05, 4.69) is 29.2 Å². The van der Waals surface area contributed by atoms with E-state index in [4.69, 9.17) is 0 Å². The lowest BCUT2D eigenvalue weighted by molar-refractivity contribution is -0.925. The Balaban J connectivity index is 1.36. The van der Waals surface area contributed by atoms with E-state index in [0.29, 0.717) is 6.04 Å². The van der Waals surface area contributed by atoms with Crippen LogP contribution >= 0.6 is 0 Å². The second-order valence-corrected chi connectivity index (χ2v) is 6.79. The number of hydrogen-bond donors (Lipinski definition) is 1. The van der Waals surface area contributed by atoms with Gasteiger partial charge in [-0.1, -0.05) is 24.3 Å². The fourth-order valence-electron chi connectivity index (χ4n) is 4.09. The zero-order valence-corrected chi connectivity index (χ0v) is 13.6. The normalized spacial score (nSPS) is 18.6. The van der Waals surface area contributed by atoms with Crippen molar-refractivity contribution in [3.05, 3.63) is 69.8 Å².